The summed E-state index contributed by atoms with van der Waals surface area (Å²) in [6.45, 7) is 0.266. The van der Waals surface area contributed by atoms with Crippen LogP contribution >= 0.6 is 11.3 Å². The van der Waals surface area contributed by atoms with E-state index < -0.39 is 5.92 Å². The van der Waals surface area contributed by atoms with Crippen molar-refractivity contribution in [3.05, 3.63) is 60.0 Å². The van der Waals surface area contributed by atoms with Crippen LogP contribution in [0.25, 0.3) is 22.2 Å². The van der Waals surface area contributed by atoms with Gasteiger partial charge in [0, 0.05) is 48.1 Å². The number of hydrogen-bond acceptors (Lipinski definition) is 8. The first-order valence-corrected chi connectivity index (χ1v) is 11.7. The molecule has 1 fully saturated rings. The minimum Gasteiger partial charge on any atom is -0.497 e. The van der Waals surface area contributed by atoms with E-state index in [1.165, 1.54) is 11.3 Å². The van der Waals surface area contributed by atoms with Gasteiger partial charge in [-0.3, -0.25) is 9.59 Å². The van der Waals surface area contributed by atoms with Crippen molar-refractivity contribution in [3.8, 4) is 33.7 Å². The highest BCUT2D eigenvalue weighted by Crippen LogP contribution is 2.31. The van der Waals surface area contributed by atoms with Crippen LogP contribution in [0.2, 0.25) is 0 Å². The van der Waals surface area contributed by atoms with Crippen molar-refractivity contribution < 1.29 is 23.6 Å². The average molecular weight is 491 g/mol. The van der Waals surface area contributed by atoms with Gasteiger partial charge < -0.3 is 24.2 Å². The highest BCUT2D eigenvalue weighted by molar-refractivity contribution is 7.13. The summed E-state index contributed by atoms with van der Waals surface area (Å²) in [6, 6.07) is 16.3. The maximum Gasteiger partial charge on any atom is 0.268 e. The van der Waals surface area contributed by atoms with E-state index in [-0.39, 0.29) is 24.8 Å². The van der Waals surface area contributed by atoms with Gasteiger partial charge in [-0.1, -0.05) is 23.4 Å². The molecule has 10 heteroatoms. The quantitative estimate of drug-likeness (QED) is 0.407. The summed E-state index contributed by atoms with van der Waals surface area (Å²) in [6.07, 6.45) is 0.113. The molecule has 0 unspecified atom stereocenters. The van der Waals surface area contributed by atoms with E-state index in [4.69, 9.17) is 14.0 Å². The SMILES string of the molecule is COc1cc(NC(=O)[C@H]2CC(=O)N(c3cccc(-c4noc(-c5cccs5)n4)c3)C2)cc(OC)c1. The van der Waals surface area contributed by atoms with Crippen molar-refractivity contribution in [3.63, 3.8) is 0 Å². The Labute approximate surface area is 205 Å². The van der Waals surface area contributed by atoms with Crippen molar-refractivity contribution in [1.29, 1.82) is 0 Å². The molecule has 2 aromatic carbocycles. The third kappa shape index (κ3) is 4.73. The highest BCUT2D eigenvalue weighted by atomic mass is 32.1. The topological polar surface area (TPSA) is 107 Å². The van der Waals surface area contributed by atoms with Crippen LogP contribution in [0, 0.1) is 5.92 Å². The number of nitrogens with one attached hydrogen (secondary N) is 1. The Balaban J connectivity index is 1.31. The number of carbonyl (C=O) groups excluding carboxylic acids is 2. The van der Waals surface area contributed by atoms with Gasteiger partial charge in [0.2, 0.25) is 17.6 Å². The molecular formula is C25H22N4O5S. The number of benzene rings is 2. The Morgan fingerprint density at radius 2 is 1.91 bits per heavy atom. The fourth-order valence-electron chi connectivity index (χ4n) is 3.91. The summed E-state index contributed by atoms with van der Waals surface area (Å²) in [5, 5.41) is 8.89. The van der Waals surface area contributed by atoms with Crippen LogP contribution in [0.15, 0.2) is 64.5 Å². The number of hydrogen-bond donors (Lipinski definition) is 1. The molecule has 0 spiro atoms. The minimum atomic E-state index is -0.501. The predicted molar refractivity (Wildman–Crippen MR) is 132 cm³/mol. The Kier molecular flexibility index (Phi) is 6.19. The highest BCUT2D eigenvalue weighted by Gasteiger charge is 2.35. The molecule has 0 bridgehead atoms. The fraction of sp³-hybridized carbons (Fsp3) is 0.200. The lowest BCUT2D eigenvalue weighted by Gasteiger charge is -2.17. The van der Waals surface area contributed by atoms with Gasteiger partial charge >= 0.3 is 0 Å². The number of thiophene rings is 1. The second kappa shape index (κ2) is 9.59. The maximum absolute atomic E-state index is 12.9. The van der Waals surface area contributed by atoms with Gasteiger partial charge in [0.15, 0.2) is 0 Å². The first-order valence-electron chi connectivity index (χ1n) is 10.9. The van der Waals surface area contributed by atoms with Crippen LogP contribution in [0.4, 0.5) is 11.4 Å². The summed E-state index contributed by atoms with van der Waals surface area (Å²) in [4.78, 5) is 32.7. The van der Waals surface area contributed by atoms with E-state index in [2.05, 4.69) is 15.5 Å². The van der Waals surface area contributed by atoms with E-state index in [0.29, 0.717) is 34.6 Å². The van der Waals surface area contributed by atoms with E-state index in [1.54, 1.807) is 37.3 Å². The minimum absolute atomic E-state index is 0.113. The van der Waals surface area contributed by atoms with Crippen LogP contribution in [0.3, 0.4) is 0 Å². The molecule has 1 saturated heterocycles. The monoisotopic (exact) mass is 490 g/mol. The number of ether oxygens (including phenoxy) is 2. The first-order chi connectivity index (χ1) is 17.0. The van der Waals surface area contributed by atoms with Gasteiger partial charge in [0.25, 0.3) is 5.89 Å². The smallest absolute Gasteiger partial charge is 0.268 e. The third-order valence-corrected chi connectivity index (χ3v) is 6.55. The lowest BCUT2D eigenvalue weighted by atomic mass is 10.1. The number of anilines is 2. The number of aromatic nitrogens is 2. The molecule has 2 amide bonds. The summed E-state index contributed by atoms with van der Waals surface area (Å²) in [5.74, 6) is 1.13. The normalized spacial score (nSPS) is 15.3. The number of carbonyl (C=O) groups is 2. The van der Waals surface area contributed by atoms with Crippen LogP contribution in [-0.4, -0.2) is 42.7 Å². The molecule has 0 radical (unpaired) electrons. The fourth-order valence-corrected chi connectivity index (χ4v) is 4.56. The third-order valence-electron chi connectivity index (χ3n) is 5.69. The predicted octanol–water partition coefficient (Wildman–Crippen LogP) is 4.47. The average Bonchev–Trinajstić information content (AvgIpc) is 3.64. The molecule has 9 nitrogen and oxygen atoms in total. The van der Waals surface area contributed by atoms with Crippen LogP contribution in [-0.2, 0) is 9.59 Å². The van der Waals surface area contributed by atoms with Gasteiger partial charge in [-0.25, -0.2) is 0 Å². The van der Waals surface area contributed by atoms with Crippen molar-refractivity contribution >= 4 is 34.5 Å². The molecular weight excluding hydrogens is 468 g/mol. The van der Waals surface area contributed by atoms with E-state index in [1.807, 2.05) is 41.8 Å². The van der Waals surface area contributed by atoms with Crippen molar-refractivity contribution in [2.24, 2.45) is 5.92 Å². The summed E-state index contributed by atoms with van der Waals surface area (Å²) in [5.41, 5.74) is 1.93. The lowest BCUT2D eigenvalue weighted by molar-refractivity contribution is -0.122. The van der Waals surface area contributed by atoms with Gasteiger partial charge in [0.1, 0.15) is 11.5 Å². The molecule has 1 aliphatic rings. The molecule has 1 atom stereocenters. The zero-order valence-electron chi connectivity index (χ0n) is 19.1. The zero-order valence-corrected chi connectivity index (χ0v) is 19.9. The van der Waals surface area contributed by atoms with Gasteiger partial charge in [0.05, 0.1) is 25.0 Å². The van der Waals surface area contributed by atoms with Crippen molar-refractivity contribution in [2.45, 2.75) is 6.42 Å². The summed E-state index contributed by atoms with van der Waals surface area (Å²) in [7, 11) is 3.08. The Morgan fingerprint density at radius 3 is 2.63 bits per heavy atom. The van der Waals surface area contributed by atoms with Crippen LogP contribution < -0.4 is 19.7 Å². The second-order valence-electron chi connectivity index (χ2n) is 7.95. The van der Waals surface area contributed by atoms with Crippen molar-refractivity contribution in [2.75, 3.05) is 31.0 Å². The molecule has 0 saturated carbocycles. The molecule has 3 heterocycles. The van der Waals surface area contributed by atoms with Gasteiger partial charge in [-0.15, -0.1) is 11.3 Å². The zero-order chi connectivity index (χ0) is 24.4. The summed E-state index contributed by atoms with van der Waals surface area (Å²) < 4.78 is 15.9. The standard InChI is InChI=1S/C25H22N4O5S/c1-32-19-11-17(12-20(13-19)33-2)26-24(31)16-10-22(30)29(14-16)18-6-3-5-15(9-18)23-27-25(34-28-23)21-7-4-8-35-21/h3-9,11-13,16H,10,14H2,1-2H3,(H,26,31)/t16-/m0/s1. The molecule has 35 heavy (non-hydrogen) atoms. The molecule has 178 valence electrons. The van der Waals surface area contributed by atoms with Gasteiger partial charge in [-0.05, 0) is 23.6 Å². The van der Waals surface area contributed by atoms with Crippen molar-refractivity contribution in [1.82, 2.24) is 10.1 Å². The van der Waals surface area contributed by atoms with Crippen LogP contribution in [0.1, 0.15) is 6.42 Å². The second-order valence-corrected chi connectivity index (χ2v) is 8.89. The number of methoxy groups -OCH3 is 2. The number of rotatable bonds is 7. The molecule has 1 N–H and O–H groups in total. The Morgan fingerprint density at radius 1 is 1.11 bits per heavy atom. The number of nitrogens with zero attached hydrogens (tertiary/aromatic N) is 3. The lowest BCUT2D eigenvalue weighted by Crippen LogP contribution is -2.28. The van der Waals surface area contributed by atoms with Crippen LogP contribution in [0.5, 0.6) is 11.5 Å². The summed E-state index contributed by atoms with van der Waals surface area (Å²) >= 11 is 1.51. The Hall–Kier alpha value is -4.18. The van der Waals surface area contributed by atoms with E-state index in [9.17, 15) is 9.59 Å². The first kappa shape index (κ1) is 22.6. The van der Waals surface area contributed by atoms with E-state index in [0.717, 1.165) is 10.4 Å². The molecule has 2 aromatic heterocycles. The van der Waals surface area contributed by atoms with E-state index >= 15 is 0 Å². The maximum atomic E-state index is 12.9. The molecule has 0 aliphatic carbocycles. The Bertz CT molecular complexity index is 1350. The van der Waals surface area contributed by atoms with Gasteiger partial charge in [-0.2, -0.15) is 4.98 Å². The molecule has 5 rings (SSSR count). The largest absolute Gasteiger partial charge is 0.497 e. The number of amides is 2. The molecule has 1 aliphatic heterocycles. The molecule has 4 aromatic rings.